The largest absolute Gasteiger partial charge is 0.310 e. The van der Waals surface area contributed by atoms with Gasteiger partial charge in [0.15, 0.2) is 0 Å². The lowest BCUT2D eigenvalue weighted by Gasteiger charge is -2.27. The van der Waals surface area contributed by atoms with Crippen LogP contribution in [0.3, 0.4) is 0 Å². The lowest BCUT2D eigenvalue weighted by Crippen LogP contribution is -2.10. The minimum atomic E-state index is 1.13. The third-order valence-corrected chi connectivity index (χ3v) is 11.0. The SMILES string of the molecule is c1ccc2c(c1)ccc1ccc(N(c3ccc(-c4cccc5sc6ccccc6c45)cc3)c3ccc4ccc5ccccc5c4c3)cc12. The predicted octanol–water partition coefficient (Wildman–Crippen LogP) is 13.8. The summed E-state index contributed by atoms with van der Waals surface area (Å²) in [6.45, 7) is 0. The molecule has 0 aliphatic carbocycles. The Balaban J connectivity index is 1.18. The second-order valence-corrected chi connectivity index (χ2v) is 13.6. The van der Waals surface area contributed by atoms with Gasteiger partial charge in [-0.3, -0.25) is 0 Å². The van der Waals surface area contributed by atoms with E-state index in [4.69, 9.17) is 0 Å². The van der Waals surface area contributed by atoms with Crippen LogP contribution in [0.2, 0.25) is 0 Å². The Bertz CT molecular complexity index is 2720. The lowest BCUT2D eigenvalue weighted by molar-refractivity contribution is 1.30. The molecule has 10 rings (SSSR count). The van der Waals surface area contributed by atoms with Gasteiger partial charge in [-0.05, 0) is 103 Å². The van der Waals surface area contributed by atoms with Gasteiger partial charge in [-0.1, -0.05) is 127 Å². The molecule has 2 heteroatoms. The van der Waals surface area contributed by atoms with Crippen LogP contribution in [0.4, 0.5) is 17.1 Å². The van der Waals surface area contributed by atoms with Crippen LogP contribution in [-0.4, -0.2) is 0 Å². The van der Waals surface area contributed by atoms with E-state index in [0.717, 1.165) is 17.1 Å². The Morgan fingerprint density at radius 2 is 0.812 bits per heavy atom. The molecular weight excluding hydrogens is 599 g/mol. The molecule has 0 atom stereocenters. The molecule has 0 spiro atoms. The quantitative estimate of drug-likeness (QED) is 0.176. The monoisotopic (exact) mass is 627 g/mol. The van der Waals surface area contributed by atoms with Crippen molar-refractivity contribution in [3.05, 3.63) is 176 Å². The van der Waals surface area contributed by atoms with Crippen LogP contribution in [0.5, 0.6) is 0 Å². The van der Waals surface area contributed by atoms with Crippen molar-refractivity contribution in [3.8, 4) is 11.1 Å². The van der Waals surface area contributed by atoms with E-state index in [-0.39, 0.29) is 0 Å². The van der Waals surface area contributed by atoms with E-state index in [1.165, 1.54) is 74.4 Å². The van der Waals surface area contributed by atoms with Gasteiger partial charge in [0.05, 0.1) is 0 Å². The molecule has 48 heavy (non-hydrogen) atoms. The molecular formula is C46H29NS. The van der Waals surface area contributed by atoms with Crippen molar-refractivity contribution in [1.82, 2.24) is 0 Å². The molecule has 0 radical (unpaired) electrons. The smallest absolute Gasteiger partial charge is 0.0468 e. The van der Waals surface area contributed by atoms with Gasteiger partial charge in [-0.2, -0.15) is 0 Å². The molecule has 0 fully saturated rings. The first-order valence-electron chi connectivity index (χ1n) is 16.4. The standard InChI is InChI=1S/C46H29NS/c1-3-10-38-30(8-1)16-18-33-22-26-36(28-42(33)38)47(37-27-23-34-19-17-31-9-2-4-11-39(31)43(34)29-37)35-24-20-32(21-25-35)40-13-7-15-45-46(40)41-12-5-6-14-44(41)48-45/h1-29H. The summed E-state index contributed by atoms with van der Waals surface area (Å²) in [4.78, 5) is 2.41. The Labute approximate surface area is 282 Å². The number of anilines is 3. The average molecular weight is 628 g/mol. The summed E-state index contributed by atoms with van der Waals surface area (Å²) in [5.74, 6) is 0. The minimum Gasteiger partial charge on any atom is -0.310 e. The highest BCUT2D eigenvalue weighted by Gasteiger charge is 2.17. The van der Waals surface area contributed by atoms with Gasteiger partial charge in [0.2, 0.25) is 0 Å². The molecule has 0 bridgehead atoms. The Morgan fingerprint density at radius 3 is 1.44 bits per heavy atom. The van der Waals surface area contributed by atoms with Crippen molar-refractivity contribution in [3.63, 3.8) is 0 Å². The minimum absolute atomic E-state index is 1.13. The Kier molecular flexibility index (Phi) is 6.12. The van der Waals surface area contributed by atoms with E-state index in [9.17, 15) is 0 Å². The van der Waals surface area contributed by atoms with Gasteiger partial charge in [-0.15, -0.1) is 11.3 Å². The van der Waals surface area contributed by atoms with Crippen molar-refractivity contribution in [2.75, 3.05) is 4.90 Å². The third-order valence-electron chi connectivity index (χ3n) is 9.82. The summed E-state index contributed by atoms with van der Waals surface area (Å²) in [7, 11) is 0. The topological polar surface area (TPSA) is 3.24 Å². The van der Waals surface area contributed by atoms with Gasteiger partial charge in [0.1, 0.15) is 0 Å². The maximum atomic E-state index is 2.41. The molecule has 0 amide bonds. The molecule has 0 aliphatic heterocycles. The fraction of sp³-hybridized carbons (Fsp3) is 0. The van der Waals surface area contributed by atoms with E-state index in [2.05, 4.69) is 181 Å². The summed E-state index contributed by atoms with van der Waals surface area (Å²) < 4.78 is 2.65. The zero-order valence-corrected chi connectivity index (χ0v) is 26.9. The number of hydrogen-bond acceptors (Lipinski definition) is 2. The molecule has 1 heterocycles. The predicted molar refractivity (Wildman–Crippen MR) is 209 cm³/mol. The molecule has 9 aromatic carbocycles. The maximum Gasteiger partial charge on any atom is 0.0468 e. The van der Waals surface area contributed by atoms with Gasteiger partial charge in [-0.25, -0.2) is 0 Å². The highest BCUT2D eigenvalue weighted by atomic mass is 32.1. The second-order valence-electron chi connectivity index (χ2n) is 12.5. The first-order valence-corrected chi connectivity index (χ1v) is 17.2. The molecule has 0 aliphatic rings. The number of thiophene rings is 1. The van der Waals surface area contributed by atoms with E-state index in [0.29, 0.717) is 0 Å². The normalized spacial score (nSPS) is 11.8. The van der Waals surface area contributed by atoms with Gasteiger partial charge in [0.25, 0.3) is 0 Å². The van der Waals surface area contributed by atoms with Crippen LogP contribution < -0.4 is 4.90 Å². The van der Waals surface area contributed by atoms with Crippen LogP contribution in [-0.2, 0) is 0 Å². The Morgan fingerprint density at radius 1 is 0.333 bits per heavy atom. The van der Waals surface area contributed by atoms with Crippen molar-refractivity contribution in [2.24, 2.45) is 0 Å². The van der Waals surface area contributed by atoms with Crippen LogP contribution in [0.25, 0.3) is 74.4 Å². The van der Waals surface area contributed by atoms with E-state index in [1.807, 2.05) is 11.3 Å². The summed E-state index contributed by atoms with van der Waals surface area (Å²) in [5, 5.41) is 12.7. The highest BCUT2D eigenvalue weighted by molar-refractivity contribution is 7.25. The van der Waals surface area contributed by atoms with E-state index >= 15 is 0 Å². The van der Waals surface area contributed by atoms with Crippen molar-refractivity contribution < 1.29 is 0 Å². The van der Waals surface area contributed by atoms with Crippen molar-refractivity contribution >= 4 is 91.7 Å². The van der Waals surface area contributed by atoms with Crippen LogP contribution in [0, 0.1) is 0 Å². The molecule has 1 nitrogen and oxygen atoms in total. The summed E-state index contributed by atoms with van der Waals surface area (Å²) in [6.07, 6.45) is 0. The zero-order chi connectivity index (χ0) is 31.6. The molecule has 0 N–H and O–H groups in total. The highest BCUT2D eigenvalue weighted by Crippen LogP contribution is 2.43. The fourth-order valence-corrected chi connectivity index (χ4v) is 8.64. The first kappa shape index (κ1) is 27.2. The average Bonchev–Trinajstić information content (AvgIpc) is 3.54. The molecule has 0 saturated carbocycles. The van der Waals surface area contributed by atoms with Gasteiger partial charge < -0.3 is 4.90 Å². The first-order chi connectivity index (χ1) is 23.8. The number of benzene rings is 9. The molecule has 1 aromatic heterocycles. The Hall–Kier alpha value is -5.96. The second kappa shape index (κ2) is 10.8. The molecule has 224 valence electrons. The van der Waals surface area contributed by atoms with Crippen molar-refractivity contribution in [2.45, 2.75) is 0 Å². The van der Waals surface area contributed by atoms with Crippen LogP contribution in [0.1, 0.15) is 0 Å². The van der Waals surface area contributed by atoms with Crippen LogP contribution >= 0.6 is 11.3 Å². The summed E-state index contributed by atoms with van der Waals surface area (Å²) >= 11 is 1.87. The molecule has 10 aromatic rings. The number of fused-ring (bicyclic) bond motifs is 9. The molecule has 0 unspecified atom stereocenters. The number of nitrogens with zero attached hydrogens (tertiary/aromatic N) is 1. The summed E-state index contributed by atoms with van der Waals surface area (Å²) in [5.41, 5.74) is 5.90. The lowest BCUT2D eigenvalue weighted by atomic mass is 9.98. The fourth-order valence-electron chi connectivity index (χ4n) is 7.51. The number of rotatable bonds is 4. The van der Waals surface area contributed by atoms with E-state index in [1.54, 1.807) is 0 Å². The molecule has 0 saturated heterocycles. The van der Waals surface area contributed by atoms with Crippen LogP contribution in [0.15, 0.2) is 176 Å². The van der Waals surface area contributed by atoms with E-state index < -0.39 is 0 Å². The van der Waals surface area contributed by atoms with Gasteiger partial charge in [0, 0.05) is 37.2 Å². The third kappa shape index (κ3) is 4.31. The van der Waals surface area contributed by atoms with Crippen molar-refractivity contribution in [1.29, 1.82) is 0 Å². The van der Waals surface area contributed by atoms with Gasteiger partial charge >= 0.3 is 0 Å². The summed E-state index contributed by atoms with van der Waals surface area (Å²) in [6, 6.07) is 64.6. The number of hydrogen-bond donors (Lipinski definition) is 0. The maximum absolute atomic E-state index is 2.41. The zero-order valence-electron chi connectivity index (χ0n) is 26.1.